The molecule has 1 fully saturated rings. The predicted octanol–water partition coefficient (Wildman–Crippen LogP) is 4.68. The Labute approximate surface area is 102 Å². The molecule has 0 heterocycles. The highest BCUT2D eigenvalue weighted by Gasteiger charge is 2.48. The summed E-state index contributed by atoms with van der Waals surface area (Å²) in [4.78, 5) is 0. The van der Waals surface area contributed by atoms with E-state index in [4.69, 9.17) is 0 Å². The molecule has 0 aromatic heterocycles. The molecular formula is C15H30O. The Morgan fingerprint density at radius 1 is 0.938 bits per heavy atom. The smallest absolute Gasteiger partial charge is 0.0677 e. The Morgan fingerprint density at radius 3 is 1.81 bits per heavy atom. The first-order chi connectivity index (χ1) is 7.69. The van der Waals surface area contributed by atoms with Crippen molar-refractivity contribution in [3.8, 4) is 0 Å². The van der Waals surface area contributed by atoms with Crippen LogP contribution in [0.4, 0.5) is 0 Å². The van der Waals surface area contributed by atoms with Gasteiger partial charge < -0.3 is 5.11 Å². The molecular weight excluding hydrogens is 196 g/mol. The van der Waals surface area contributed by atoms with Gasteiger partial charge in [0.05, 0.1) is 5.60 Å². The molecule has 1 saturated carbocycles. The average Bonchev–Trinajstić information content (AvgIpc) is 2.85. The standard InChI is InChI=1S/C15H30O/c1-3-4-5-6-7-8-9-10-11-12-15(16)13-14(15)2/h14,16H,3-13H2,1-2H3. The van der Waals surface area contributed by atoms with Gasteiger partial charge in [0, 0.05) is 0 Å². The SMILES string of the molecule is CCCCCCCCCCCC1(O)CC1C. The Balaban J connectivity index is 1.75. The molecule has 1 rings (SSSR count). The summed E-state index contributed by atoms with van der Waals surface area (Å²) in [7, 11) is 0. The van der Waals surface area contributed by atoms with Crippen LogP contribution in [0.15, 0.2) is 0 Å². The van der Waals surface area contributed by atoms with Crippen molar-refractivity contribution in [2.45, 2.75) is 90.1 Å². The Morgan fingerprint density at radius 2 is 1.38 bits per heavy atom. The highest BCUT2D eigenvalue weighted by Crippen LogP contribution is 2.46. The van der Waals surface area contributed by atoms with Gasteiger partial charge in [-0.3, -0.25) is 0 Å². The van der Waals surface area contributed by atoms with E-state index in [9.17, 15) is 5.11 Å². The summed E-state index contributed by atoms with van der Waals surface area (Å²) < 4.78 is 0. The van der Waals surface area contributed by atoms with Gasteiger partial charge in [-0.05, 0) is 18.8 Å². The Bertz CT molecular complexity index is 178. The average molecular weight is 226 g/mol. The first kappa shape index (κ1) is 14.0. The number of hydrogen-bond donors (Lipinski definition) is 1. The largest absolute Gasteiger partial charge is 0.390 e. The predicted molar refractivity (Wildman–Crippen MR) is 70.6 cm³/mol. The van der Waals surface area contributed by atoms with Crippen molar-refractivity contribution in [3.63, 3.8) is 0 Å². The quantitative estimate of drug-likeness (QED) is 0.536. The van der Waals surface area contributed by atoms with Crippen LogP contribution in [-0.4, -0.2) is 10.7 Å². The lowest BCUT2D eigenvalue weighted by atomic mass is 10.0. The molecule has 16 heavy (non-hydrogen) atoms. The second kappa shape index (κ2) is 7.32. The van der Waals surface area contributed by atoms with Gasteiger partial charge in [0.25, 0.3) is 0 Å². The third kappa shape index (κ3) is 5.34. The first-order valence-electron chi connectivity index (χ1n) is 7.41. The minimum Gasteiger partial charge on any atom is -0.390 e. The van der Waals surface area contributed by atoms with Gasteiger partial charge in [0.2, 0.25) is 0 Å². The summed E-state index contributed by atoms with van der Waals surface area (Å²) in [5.41, 5.74) is -0.249. The van der Waals surface area contributed by atoms with Gasteiger partial charge in [-0.2, -0.15) is 0 Å². The third-order valence-electron chi connectivity index (χ3n) is 4.13. The van der Waals surface area contributed by atoms with Crippen LogP contribution in [0.1, 0.15) is 84.5 Å². The molecule has 96 valence electrons. The molecule has 2 unspecified atom stereocenters. The molecule has 0 aromatic rings. The fourth-order valence-electron chi connectivity index (χ4n) is 2.56. The van der Waals surface area contributed by atoms with Crippen molar-refractivity contribution in [1.82, 2.24) is 0 Å². The van der Waals surface area contributed by atoms with E-state index >= 15 is 0 Å². The minimum absolute atomic E-state index is 0.249. The lowest BCUT2D eigenvalue weighted by molar-refractivity contribution is 0.120. The molecule has 0 bridgehead atoms. The molecule has 0 amide bonds. The number of aliphatic hydroxyl groups is 1. The molecule has 1 heteroatoms. The number of rotatable bonds is 10. The van der Waals surface area contributed by atoms with Crippen molar-refractivity contribution in [2.75, 3.05) is 0 Å². The zero-order valence-electron chi connectivity index (χ0n) is 11.3. The van der Waals surface area contributed by atoms with Gasteiger partial charge in [0.15, 0.2) is 0 Å². The van der Waals surface area contributed by atoms with E-state index in [1.807, 2.05) is 0 Å². The first-order valence-corrected chi connectivity index (χ1v) is 7.41. The van der Waals surface area contributed by atoms with Crippen LogP contribution >= 0.6 is 0 Å². The van der Waals surface area contributed by atoms with Gasteiger partial charge in [-0.25, -0.2) is 0 Å². The highest BCUT2D eigenvalue weighted by molar-refractivity contribution is 5.00. The van der Waals surface area contributed by atoms with Crippen LogP contribution in [0.3, 0.4) is 0 Å². The molecule has 1 N–H and O–H groups in total. The molecule has 2 atom stereocenters. The van der Waals surface area contributed by atoms with E-state index in [0.29, 0.717) is 5.92 Å². The van der Waals surface area contributed by atoms with E-state index < -0.39 is 0 Å². The fraction of sp³-hybridized carbons (Fsp3) is 1.00. The van der Waals surface area contributed by atoms with E-state index in [0.717, 1.165) is 12.8 Å². The Hall–Kier alpha value is -0.0400. The second-order valence-corrected chi connectivity index (χ2v) is 5.79. The monoisotopic (exact) mass is 226 g/mol. The van der Waals surface area contributed by atoms with E-state index in [-0.39, 0.29) is 5.60 Å². The van der Waals surface area contributed by atoms with Crippen molar-refractivity contribution in [3.05, 3.63) is 0 Å². The Kier molecular flexibility index (Phi) is 6.41. The van der Waals surface area contributed by atoms with Gasteiger partial charge in [-0.15, -0.1) is 0 Å². The van der Waals surface area contributed by atoms with Crippen LogP contribution in [0.25, 0.3) is 0 Å². The summed E-state index contributed by atoms with van der Waals surface area (Å²) in [6.07, 6.45) is 14.4. The highest BCUT2D eigenvalue weighted by atomic mass is 16.3. The minimum atomic E-state index is -0.249. The van der Waals surface area contributed by atoms with E-state index in [1.165, 1.54) is 57.8 Å². The van der Waals surface area contributed by atoms with Gasteiger partial charge >= 0.3 is 0 Å². The van der Waals surface area contributed by atoms with Crippen LogP contribution in [0.5, 0.6) is 0 Å². The van der Waals surface area contributed by atoms with Gasteiger partial charge in [0.1, 0.15) is 0 Å². The zero-order chi connectivity index (χ0) is 11.9. The number of unbranched alkanes of at least 4 members (excludes halogenated alkanes) is 8. The summed E-state index contributed by atoms with van der Waals surface area (Å²) in [5, 5.41) is 9.90. The summed E-state index contributed by atoms with van der Waals surface area (Å²) in [5.74, 6) is 0.571. The van der Waals surface area contributed by atoms with Crippen molar-refractivity contribution < 1.29 is 5.11 Å². The topological polar surface area (TPSA) is 20.2 Å². The number of hydrogen-bond acceptors (Lipinski definition) is 1. The molecule has 0 aliphatic heterocycles. The maximum atomic E-state index is 9.90. The molecule has 1 aliphatic rings. The molecule has 1 nitrogen and oxygen atoms in total. The van der Waals surface area contributed by atoms with Crippen LogP contribution in [-0.2, 0) is 0 Å². The van der Waals surface area contributed by atoms with Gasteiger partial charge in [-0.1, -0.05) is 71.6 Å². The molecule has 0 radical (unpaired) electrons. The molecule has 0 saturated heterocycles. The normalized spacial score (nSPS) is 28.3. The lowest BCUT2D eigenvalue weighted by Crippen LogP contribution is -2.09. The molecule has 1 aliphatic carbocycles. The van der Waals surface area contributed by atoms with Crippen LogP contribution in [0.2, 0.25) is 0 Å². The maximum absolute atomic E-state index is 9.90. The lowest BCUT2D eigenvalue weighted by Gasteiger charge is -2.08. The second-order valence-electron chi connectivity index (χ2n) is 5.79. The van der Waals surface area contributed by atoms with E-state index in [1.54, 1.807) is 0 Å². The maximum Gasteiger partial charge on any atom is 0.0677 e. The third-order valence-corrected chi connectivity index (χ3v) is 4.13. The zero-order valence-corrected chi connectivity index (χ0v) is 11.3. The van der Waals surface area contributed by atoms with Crippen molar-refractivity contribution in [2.24, 2.45) is 5.92 Å². The van der Waals surface area contributed by atoms with Crippen LogP contribution in [0, 0.1) is 5.92 Å². The van der Waals surface area contributed by atoms with Crippen molar-refractivity contribution in [1.29, 1.82) is 0 Å². The van der Waals surface area contributed by atoms with Crippen molar-refractivity contribution >= 4 is 0 Å². The molecule has 0 spiro atoms. The summed E-state index contributed by atoms with van der Waals surface area (Å²) in [6, 6.07) is 0. The summed E-state index contributed by atoms with van der Waals surface area (Å²) >= 11 is 0. The summed E-state index contributed by atoms with van der Waals surface area (Å²) in [6.45, 7) is 4.43. The van der Waals surface area contributed by atoms with E-state index in [2.05, 4.69) is 13.8 Å². The fourth-order valence-corrected chi connectivity index (χ4v) is 2.56. The molecule has 0 aromatic carbocycles. The van der Waals surface area contributed by atoms with Crippen LogP contribution < -0.4 is 0 Å².